The number of nitrogens with one attached hydrogen (secondary N) is 2. The van der Waals surface area contributed by atoms with Crippen LogP contribution in [0.3, 0.4) is 0 Å². The van der Waals surface area contributed by atoms with Crippen LogP contribution in [0.1, 0.15) is 29.0 Å². The summed E-state index contributed by atoms with van der Waals surface area (Å²) >= 11 is 5.00. The van der Waals surface area contributed by atoms with Gasteiger partial charge >= 0.3 is 0 Å². The highest BCUT2D eigenvalue weighted by Gasteiger charge is 2.18. The van der Waals surface area contributed by atoms with Crippen LogP contribution in [0.25, 0.3) is 11.0 Å². The number of benzene rings is 1. The van der Waals surface area contributed by atoms with Crippen LogP contribution in [0, 0.1) is 6.92 Å². The number of H-pyrrole nitrogens is 1. The zero-order valence-corrected chi connectivity index (χ0v) is 17.3. The van der Waals surface area contributed by atoms with Crippen molar-refractivity contribution in [2.45, 2.75) is 25.1 Å². The normalized spacial score (nSPS) is 12.4. The van der Waals surface area contributed by atoms with Gasteiger partial charge in [-0.15, -0.1) is 23.1 Å². The number of aryl methyl sites for hydroxylation is 1. The van der Waals surface area contributed by atoms with E-state index in [0.717, 1.165) is 45.5 Å². The molecular weight excluding hydrogens is 384 g/mol. The number of aromatic amines is 1. The van der Waals surface area contributed by atoms with Crippen LogP contribution in [-0.2, 0) is 10.5 Å². The second-order valence-electron chi connectivity index (χ2n) is 5.89. The van der Waals surface area contributed by atoms with Gasteiger partial charge in [0.05, 0.1) is 33.5 Å². The van der Waals surface area contributed by atoms with Gasteiger partial charge in [0, 0.05) is 11.1 Å². The van der Waals surface area contributed by atoms with Crippen LogP contribution < -0.4 is 5.32 Å². The topological polar surface area (TPSA) is 70.7 Å². The first-order valence-electron chi connectivity index (χ1n) is 8.37. The minimum Gasteiger partial charge on any atom is -0.345 e. The van der Waals surface area contributed by atoms with Gasteiger partial charge in [0.1, 0.15) is 5.82 Å². The third-order valence-corrected chi connectivity index (χ3v) is 6.27. The summed E-state index contributed by atoms with van der Waals surface area (Å²) in [6.45, 7) is 2.00. The minimum absolute atomic E-state index is 0.0357. The average Bonchev–Trinajstić information content (AvgIpc) is 3.24. The summed E-state index contributed by atoms with van der Waals surface area (Å²) < 4.78 is 0. The number of imidazole rings is 1. The third-order valence-electron chi connectivity index (χ3n) is 3.83. The number of nitrogens with zero attached hydrogens (tertiary/aromatic N) is 2. The number of amides is 1. The lowest BCUT2D eigenvalue weighted by Crippen LogP contribution is -2.31. The van der Waals surface area contributed by atoms with Crippen molar-refractivity contribution in [2.24, 2.45) is 0 Å². The Hall–Kier alpha value is -1.51. The van der Waals surface area contributed by atoms with Crippen LogP contribution in [-0.4, -0.2) is 38.6 Å². The van der Waals surface area contributed by atoms with E-state index in [1.165, 1.54) is 0 Å². The molecule has 2 aromatic heterocycles. The Bertz CT molecular complexity index is 828. The molecule has 1 atom stereocenters. The van der Waals surface area contributed by atoms with Crippen LogP contribution in [0.5, 0.6) is 0 Å². The monoisotopic (exact) mass is 406 g/mol. The molecule has 3 rings (SSSR count). The fourth-order valence-corrected chi connectivity index (χ4v) is 4.53. The number of carbonyl (C=O) groups is 1. The Kier molecular flexibility index (Phi) is 6.99. The Morgan fingerprint density at radius 3 is 2.92 bits per heavy atom. The van der Waals surface area contributed by atoms with Crippen molar-refractivity contribution < 1.29 is 4.79 Å². The van der Waals surface area contributed by atoms with Crippen molar-refractivity contribution in [3.8, 4) is 0 Å². The lowest BCUT2D eigenvalue weighted by Gasteiger charge is -2.16. The maximum atomic E-state index is 12.4. The van der Waals surface area contributed by atoms with Crippen LogP contribution in [0.2, 0.25) is 0 Å². The molecule has 8 heteroatoms. The van der Waals surface area contributed by atoms with Gasteiger partial charge in [-0.2, -0.15) is 11.8 Å². The molecule has 0 fully saturated rings. The summed E-state index contributed by atoms with van der Waals surface area (Å²) in [4.78, 5) is 24.8. The summed E-state index contributed by atoms with van der Waals surface area (Å²) in [5.74, 6) is 3.01. The molecule has 0 spiro atoms. The SMILES string of the molecule is CSCC[C@@H](NC(=O)CSCc1csc(C)n1)c1nc2ccccc2[nH]1. The second kappa shape index (κ2) is 9.43. The van der Waals surface area contributed by atoms with E-state index in [-0.39, 0.29) is 11.9 Å². The van der Waals surface area contributed by atoms with Crippen LogP contribution in [0.4, 0.5) is 0 Å². The highest BCUT2D eigenvalue weighted by molar-refractivity contribution is 7.99. The standard InChI is InChI=1S/C18H22N4OS3/c1-12-19-13(10-26-12)9-25-11-17(23)20-16(7-8-24-2)18-21-14-5-3-4-6-15(14)22-18/h3-6,10,16H,7-9,11H2,1-2H3,(H,20,23)(H,21,22)/t16-/m1/s1. The first-order chi connectivity index (χ1) is 12.7. The van der Waals surface area contributed by atoms with Crippen LogP contribution in [0.15, 0.2) is 29.6 Å². The van der Waals surface area contributed by atoms with E-state index < -0.39 is 0 Å². The predicted molar refractivity (Wildman–Crippen MR) is 113 cm³/mol. The summed E-state index contributed by atoms with van der Waals surface area (Å²) in [7, 11) is 0. The molecular formula is C18H22N4OS3. The summed E-state index contributed by atoms with van der Waals surface area (Å²) in [5, 5.41) is 6.25. The number of para-hydroxylation sites is 2. The molecule has 0 saturated heterocycles. The lowest BCUT2D eigenvalue weighted by molar-refractivity contribution is -0.119. The highest BCUT2D eigenvalue weighted by Crippen LogP contribution is 2.21. The molecule has 2 heterocycles. The van der Waals surface area contributed by atoms with Crippen molar-refractivity contribution >= 4 is 51.8 Å². The van der Waals surface area contributed by atoms with Gasteiger partial charge < -0.3 is 10.3 Å². The molecule has 0 aliphatic heterocycles. The number of carbonyl (C=O) groups excluding carboxylic acids is 1. The number of hydrogen-bond acceptors (Lipinski definition) is 6. The van der Waals surface area contributed by atoms with Crippen molar-refractivity contribution in [1.29, 1.82) is 0 Å². The fourth-order valence-electron chi connectivity index (χ4n) is 2.61. The summed E-state index contributed by atoms with van der Waals surface area (Å²) in [6.07, 6.45) is 2.92. The van der Waals surface area contributed by atoms with Crippen molar-refractivity contribution in [1.82, 2.24) is 20.3 Å². The first kappa shape index (κ1) is 19.3. The Morgan fingerprint density at radius 2 is 2.19 bits per heavy atom. The van der Waals surface area contributed by atoms with Gasteiger partial charge in [-0.1, -0.05) is 12.1 Å². The van der Waals surface area contributed by atoms with Gasteiger partial charge in [-0.3, -0.25) is 4.79 Å². The zero-order valence-electron chi connectivity index (χ0n) is 14.8. The maximum absolute atomic E-state index is 12.4. The molecule has 0 aliphatic carbocycles. The van der Waals surface area contributed by atoms with Gasteiger partial charge in [0.2, 0.25) is 5.91 Å². The molecule has 1 amide bonds. The van der Waals surface area contributed by atoms with E-state index in [1.807, 2.05) is 31.2 Å². The van der Waals surface area contributed by atoms with Crippen molar-refractivity contribution in [2.75, 3.05) is 17.8 Å². The Morgan fingerprint density at radius 1 is 1.35 bits per heavy atom. The molecule has 3 aromatic rings. The van der Waals surface area contributed by atoms with Crippen molar-refractivity contribution in [3.05, 3.63) is 46.2 Å². The Balaban J connectivity index is 1.59. The second-order valence-corrected chi connectivity index (χ2v) is 8.92. The van der Waals surface area contributed by atoms with Crippen LogP contribution >= 0.6 is 34.9 Å². The predicted octanol–water partition coefficient (Wildman–Crippen LogP) is 4.17. The largest absolute Gasteiger partial charge is 0.345 e. The van der Waals surface area contributed by atoms with Gasteiger partial charge in [0.25, 0.3) is 0 Å². The fraction of sp³-hybridized carbons (Fsp3) is 0.389. The molecule has 138 valence electrons. The molecule has 0 bridgehead atoms. The molecule has 0 radical (unpaired) electrons. The summed E-state index contributed by atoms with van der Waals surface area (Å²) in [6, 6.07) is 7.85. The number of thioether (sulfide) groups is 2. The smallest absolute Gasteiger partial charge is 0.230 e. The van der Waals surface area contributed by atoms with E-state index in [2.05, 4.69) is 31.9 Å². The lowest BCUT2D eigenvalue weighted by atomic mass is 10.2. The number of fused-ring (bicyclic) bond motifs is 1. The molecule has 2 N–H and O–H groups in total. The molecule has 0 saturated carbocycles. The number of thiazole rings is 1. The van der Waals surface area contributed by atoms with Gasteiger partial charge in [0.15, 0.2) is 0 Å². The highest BCUT2D eigenvalue weighted by atomic mass is 32.2. The minimum atomic E-state index is -0.0931. The number of hydrogen-bond donors (Lipinski definition) is 2. The third kappa shape index (κ3) is 5.25. The quantitative estimate of drug-likeness (QED) is 0.558. The maximum Gasteiger partial charge on any atom is 0.230 e. The van der Waals surface area contributed by atoms with Gasteiger partial charge in [-0.25, -0.2) is 9.97 Å². The molecule has 26 heavy (non-hydrogen) atoms. The van der Waals surface area contributed by atoms with E-state index in [1.54, 1.807) is 34.9 Å². The van der Waals surface area contributed by atoms with E-state index in [4.69, 9.17) is 0 Å². The average molecular weight is 407 g/mol. The number of aromatic nitrogens is 3. The van der Waals surface area contributed by atoms with E-state index in [0.29, 0.717) is 5.75 Å². The summed E-state index contributed by atoms with van der Waals surface area (Å²) in [5.41, 5.74) is 2.97. The molecule has 1 aromatic carbocycles. The van der Waals surface area contributed by atoms with E-state index in [9.17, 15) is 4.79 Å². The molecule has 5 nitrogen and oxygen atoms in total. The molecule has 0 aliphatic rings. The first-order valence-corrected chi connectivity index (χ1v) is 11.8. The van der Waals surface area contributed by atoms with Crippen molar-refractivity contribution in [3.63, 3.8) is 0 Å². The van der Waals surface area contributed by atoms with E-state index >= 15 is 0 Å². The van der Waals surface area contributed by atoms with Gasteiger partial charge in [-0.05, 0) is 37.5 Å². The molecule has 0 unspecified atom stereocenters. The Labute approximate surface area is 165 Å². The zero-order chi connectivity index (χ0) is 18.4. The number of rotatable bonds is 9.